The lowest BCUT2D eigenvalue weighted by atomic mass is 10.2. The molecule has 6 nitrogen and oxygen atoms in total. The van der Waals surface area contributed by atoms with Gasteiger partial charge in [-0.25, -0.2) is 0 Å². The van der Waals surface area contributed by atoms with Gasteiger partial charge in [-0.2, -0.15) is 5.10 Å². The van der Waals surface area contributed by atoms with E-state index in [1.165, 1.54) is 0 Å². The Morgan fingerprint density at radius 3 is 2.64 bits per heavy atom. The lowest BCUT2D eigenvalue weighted by Crippen LogP contribution is -2.37. The largest absolute Gasteiger partial charge is 0.367 e. The molecule has 132 valence electrons. The number of ether oxygens (including phenoxy) is 1. The molecule has 6 heteroatoms. The van der Waals surface area contributed by atoms with Crippen LogP contribution in [0.25, 0.3) is 0 Å². The minimum absolute atomic E-state index is 0.0489. The highest BCUT2D eigenvalue weighted by atomic mass is 16.5. The van der Waals surface area contributed by atoms with Gasteiger partial charge in [0.1, 0.15) is 6.61 Å². The number of anilines is 1. The Kier molecular flexibility index (Phi) is 5.95. The summed E-state index contributed by atoms with van der Waals surface area (Å²) >= 11 is 0. The standard InChI is InChI=1S/C19H24N4O2/c1-16-8-9-18(21-20-16)22-10-5-11-23(13-12-22)19(24)15-25-14-17-6-3-2-4-7-17/h2-4,6-9H,5,10-15H2,1H3. The summed E-state index contributed by atoms with van der Waals surface area (Å²) in [4.78, 5) is 16.4. The molecule has 1 aromatic carbocycles. The zero-order chi connectivity index (χ0) is 17.5. The predicted octanol–water partition coefficient (Wildman–Crippen LogP) is 2.04. The fraction of sp³-hybridized carbons (Fsp3) is 0.421. The van der Waals surface area contributed by atoms with Crippen molar-refractivity contribution in [2.45, 2.75) is 20.0 Å². The van der Waals surface area contributed by atoms with Crippen LogP contribution in [0.4, 0.5) is 5.82 Å². The van der Waals surface area contributed by atoms with Crippen molar-refractivity contribution in [2.75, 3.05) is 37.7 Å². The number of carbonyl (C=O) groups excluding carboxylic acids is 1. The Morgan fingerprint density at radius 1 is 1.04 bits per heavy atom. The first-order valence-corrected chi connectivity index (χ1v) is 8.67. The third-order valence-electron chi connectivity index (χ3n) is 4.29. The van der Waals surface area contributed by atoms with E-state index in [1.807, 2.05) is 54.3 Å². The summed E-state index contributed by atoms with van der Waals surface area (Å²) in [5.74, 6) is 0.924. The van der Waals surface area contributed by atoms with Crippen molar-refractivity contribution < 1.29 is 9.53 Å². The Hall–Kier alpha value is -2.47. The molecule has 25 heavy (non-hydrogen) atoms. The van der Waals surface area contributed by atoms with E-state index in [1.54, 1.807) is 0 Å². The quantitative estimate of drug-likeness (QED) is 0.834. The van der Waals surface area contributed by atoms with E-state index in [0.717, 1.165) is 43.1 Å². The van der Waals surface area contributed by atoms with Crippen LogP contribution < -0.4 is 4.90 Å². The molecule has 1 aliphatic rings. The highest BCUT2D eigenvalue weighted by molar-refractivity contribution is 5.77. The van der Waals surface area contributed by atoms with Crippen molar-refractivity contribution in [2.24, 2.45) is 0 Å². The Labute approximate surface area is 148 Å². The van der Waals surface area contributed by atoms with Crippen LogP contribution in [0.15, 0.2) is 42.5 Å². The number of aryl methyl sites for hydroxylation is 1. The third-order valence-corrected chi connectivity index (χ3v) is 4.29. The molecule has 1 amide bonds. The van der Waals surface area contributed by atoms with Gasteiger partial charge in [0.25, 0.3) is 0 Å². The molecule has 1 aliphatic heterocycles. The number of hydrogen-bond acceptors (Lipinski definition) is 5. The summed E-state index contributed by atoms with van der Waals surface area (Å²) in [7, 11) is 0. The van der Waals surface area contributed by atoms with Gasteiger partial charge in [-0.05, 0) is 31.0 Å². The maximum absolute atomic E-state index is 12.4. The van der Waals surface area contributed by atoms with E-state index in [-0.39, 0.29) is 12.5 Å². The maximum Gasteiger partial charge on any atom is 0.248 e. The Bertz CT molecular complexity index is 676. The molecule has 3 rings (SSSR count). The van der Waals surface area contributed by atoms with Gasteiger partial charge < -0.3 is 14.5 Å². The van der Waals surface area contributed by atoms with Crippen LogP contribution in [0.1, 0.15) is 17.7 Å². The number of aromatic nitrogens is 2. The molecular formula is C19H24N4O2. The fourth-order valence-corrected chi connectivity index (χ4v) is 2.88. The Balaban J connectivity index is 1.47. The van der Waals surface area contributed by atoms with Crippen LogP contribution in [0.2, 0.25) is 0 Å². The smallest absolute Gasteiger partial charge is 0.248 e. The molecule has 2 heterocycles. The van der Waals surface area contributed by atoms with Crippen molar-refractivity contribution in [3.8, 4) is 0 Å². The molecule has 1 aromatic heterocycles. The number of rotatable bonds is 5. The van der Waals surface area contributed by atoms with Crippen LogP contribution >= 0.6 is 0 Å². The lowest BCUT2D eigenvalue weighted by molar-refractivity contribution is -0.136. The molecule has 1 saturated heterocycles. The Morgan fingerprint density at radius 2 is 1.88 bits per heavy atom. The van der Waals surface area contributed by atoms with Gasteiger partial charge in [-0.1, -0.05) is 30.3 Å². The van der Waals surface area contributed by atoms with Crippen molar-refractivity contribution in [1.29, 1.82) is 0 Å². The summed E-state index contributed by atoms with van der Waals surface area (Å²) in [6.45, 7) is 5.60. The number of nitrogens with zero attached hydrogens (tertiary/aromatic N) is 4. The summed E-state index contributed by atoms with van der Waals surface area (Å²) in [5, 5.41) is 8.36. The summed E-state index contributed by atoms with van der Waals surface area (Å²) in [6, 6.07) is 13.9. The van der Waals surface area contributed by atoms with Crippen molar-refractivity contribution in [1.82, 2.24) is 15.1 Å². The minimum Gasteiger partial charge on any atom is -0.367 e. The first-order chi connectivity index (χ1) is 12.2. The molecule has 0 atom stereocenters. The molecular weight excluding hydrogens is 316 g/mol. The fourth-order valence-electron chi connectivity index (χ4n) is 2.88. The highest BCUT2D eigenvalue weighted by Crippen LogP contribution is 2.13. The molecule has 0 saturated carbocycles. The first kappa shape index (κ1) is 17.4. The highest BCUT2D eigenvalue weighted by Gasteiger charge is 2.20. The van der Waals surface area contributed by atoms with Crippen molar-refractivity contribution in [3.63, 3.8) is 0 Å². The summed E-state index contributed by atoms with van der Waals surface area (Å²) in [5.41, 5.74) is 1.99. The summed E-state index contributed by atoms with van der Waals surface area (Å²) < 4.78 is 5.57. The number of amides is 1. The maximum atomic E-state index is 12.4. The van der Waals surface area contributed by atoms with E-state index in [0.29, 0.717) is 13.2 Å². The van der Waals surface area contributed by atoms with Gasteiger partial charge in [0, 0.05) is 26.2 Å². The second-order valence-corrected chi connectivity index (χ2v) is 6.23. The lowest BCUT2D eigenvalue weighted by Gasteiger charge is -2.22. The van der Waals surface area contributed by atoms with E-state index in [4.69, 9.17) is 4.74 Å². The van der Waals surface area contributed by atoms with Gasteiger partial charge in [0.05, 0.1) is 12.3 Å². The van der Waals surface area contributed by atoms with Crippen molar-refractivity contribution >= 4 is 11.7 Å². The zero-order valence-corrected chi connectivity index (χ0v) is 14.6. The monoisotopic (exact) mass is 340 g/mol. The third kappa shape index (κ3) is 5.00. The van der Waals surface area contributed by atoms with Crippen LogP contribution in [0, 0.1) is 6.92 Å². The molecule has 0 N–H and O–H groups in total. The van der Waals surface area contributed by atoms with E-state index in [9.17, 15) is 4.79 Å². The van der Waals surface area contributed by atoms with Crippen LogP contribution in [-0.2, 0) is 16.1 Å². The second-order valence-electron chi connectivity index (χ2n) is 6.23. The normalized spacial score (nSPS) is 15.1. The second kappa shape index (κ2) is 8.58. The molecule has 0 spiro atoms. The average molecular weight is 340 g/mol. The summed E-state index contributed by atoms with van der Waals surface area (Å²) in [6.07, 6.45) is 0.917. The van der Waals surface area contributed by atoms with Crippen LogP contribution in [0.5, 0.6) is 0 Å². The molecule has 0 aliphatic carbocycles. The van der Waals surface area contributed by atoms with Crippen molar-refractivity contribution in [3.05, 3.63) is 53.7 Å². The van der Waals surface area contributed by atoms with E-state index in [2.05, 4.69) is 15.1 Å². The van der Waals surface area contributed by atoms with Gasteiger partial charge in [-0.3, -0.25) is 4.79 Å². The van der Waals surface area contributed by atoms with Gasteiger partial charge >= 0.3 is 0 Å². The molecule has 2 aromatic rings. The molecule has 1 fully saturated rings. The van der Waals surface area contributed by atoms with Gasteiger partial charge in [-0.15, -0.1) is 5.10 Å². The zero-order valence-electron chi connectivity index (χ0n) is 14.6. The van der Waals surface area contributed by atoms with E-state index >= 15 is 0 Å². The minimum atomic E-state index is 0.0489. The van der Waals surface area contributed by atoms with Crippen LogP contribution in [-0.4, -0.2) is 53.8 Å². The van der Waals surface area contributed by atoms with E-state index < -0.39 is 0 Å². The SMILES string of the molecule is Cc1ccc(N2CCCN(C(=O)COCc3ccccc3)CC2)nn1. The van der Waals surface area contributed by atoms with Gasteiger partial charge in [0.2, 0.25) is 5.91 Å². The molecule has 0 unspecified atom stereocenters. The topological polar surface area (TPSA) is 58.6 Å². The molecule has 0 bridgehead atoms. The number of benzene rings is 1. The first-order valence-electron chi connectivity index (χ1n) is 8.67. The van der Waals surface area contributed by atoms with Crippen LogP contribution in [0.3, 0.4) is 0 Å². The molecule has 0 radical (unpaired) electrons. The van der Waals surface area contributed by atoms with Gasteiger partial charge in [0.15, 0.2) is 5.82 Å². The average Bonchev–Trinajstić information content (AvgIpc) is 2.89. The predicted molar refractivity (Wildman–Crippen MR) is 96.3 cm³/mol. The number of carbonyl (C=O) groups is 1. The number of hydrogen-bond donors (Lipinski definition) is 0.